The van der Waals surface area contributed by atoms with Crippen molar-refractivity contribution in [3.8, 4) is 17.0 Å². The van der Waals surface area contributed by atoms with E-state index in [0.29, 0.717) is 6.20 Å². The molecule has 134 valence electrons. The molecule has 0 amide bonds. The highest BCUT2D eigenvalue weighted by molar-refractivity contribution is 5.73. The predicted molar refractivity (Wildman–Crippen MR) is 72.7 cm³/mol. The van der Waals surface area contributed by atoms with Crippen LogP contribution in [0, 0.1) is 0 Å². The minimum absolute atomic E-state index is 0.222. The van der Waals surface area contributed by atoms with Gasteiger partial charge in [0.15, 0.2) is 0 Å². The number of alkyl halides is 6. The van der Waals surface area contributed by atoms with Crippen LogP contribution in [0.5, 0.6) is 5.75 Å². The van der Waals surface area contributed by atoms with E-state index < -0.39 is 41.8 Å². The fourth-order valence-electron chi connectivity index (χ4n) is 2.10. The van der Waals surface area contributed by atoms with E-state index in [4.69, 9.17) is 5.11 Å². The first-order chi connectivity index (χ1) is 11.5. The van der Waals surface area contributed by atoms with E-state index in [-0.39, 0.29) is 11.3 Å². The van der Waals surface area contributed by atoms with E-state index in [1.807, 2.05) is 0 Å². The normalized spacial score (nSPS) is 12.1. The number of ether oxygens (including phenoxy) is 1. The van der Waals surface area contributed by atoms with E-state index in [0.717, 1.165) is 12.1 Å². The summed E-state index contributed by atoms with van der Waals surface area (Å²) in [5, 5.41) is 8.76. The van der Waals surface area contributed by atoms with Gasteiger partial charge in [0.05, 0.1) is 17.7 Å². The van der Waals surface area contributed by atoms with Crippen LogP contribution >= 0.6 is 0 Å². The Morgan fingerprint density at radius 3 is 2.32 bits per heavy atom. The molecule has 0 unspecified atom stereocenters. The van der Waals surface area contributed by atoms with Gasteiger partial charge in [0.1, 0.15) is 5.75 Å². The second kappa shape index (κ2) is 6.61. The molecule has 1 aromatic carbocycles. The summed E-state index contributed by atoms with van der Waals surface area (Å²) in [6.07, 6.45) is -10.4. The third-order valence-corrected chi connectivity index (χ3v) is 3.03. The van der Waals surface area contributed by atoms with Crippen LogP contribution in [-0.4, -0.2) is 22.4 Å². The van der Waals surface area contributed by atoms with E-state index in [9.17, 15) is 31.1 Å². The van der Waals surface area contributed by atoms with Crippen LogP contribution in [0.3, 0.4) is 0 Å². The minimum Gasteiger partial charge on any atom is -0.481 e. The van der Waals surface area contributed by atoms with Gasteiger partial charge in [-0.3, -0.25) is 9.78 Å². The van der Waals surface area contributed by atoms with Crippen molar-refractivity contribution < 1.29 is 41.0 Å². The summed E-state index contributed by atoms with van der Waals surface area (Å²) in [7, 11) is 0. The number of nitrogens with zero attached hydrogens (tertiary/aromatic N) is 1. The molecular formula is C15H9F6NO3. The largest absolute Gasteiger partial charge is 0.573 e. The number of benzene rings is 1. The Labute approximate surface area is 136 Å². The molecule has 0 saturated heterocycles. The summed E-state index contributed by atoms with van der Waals surface area (Å²) in [5.41, 5.74) is -2.39. The molecule has 0 aliphatic heterocycles. The van der Waals surface area contributed by atoms with Crippen molar-refractivity contribution in [1.29, 1.82) is 0 Å². The fraction of sp³-hybridized carbons (Fsp3) is 0.200. The van der Waals surface area contributed by atoms with Gasteiger partial charge in [0.25, 0.3) is 0 Å². The SMILES string of the molecule is O=C(O)Cc1cc(-c2ccccc2OC(F)(F)F)ncc1C(F)(F)F. The Morgan fingerprint density at radius 2 is 1.76 bits per heavy atom. The van der Waals surface area contributed by atoms with Crippen molar-refractivity contribution in [2.24, 2.45) is 0 Å². The Hall–Kier alpha value is -2.78. The first-order valence-corrected chi connectivity index (χ1v) is 6.60. The second-order valence-corrected chi connectivity index (χ2v) is 4.84. The van der Waals surface area contributed by atoms with Crippen molar-refractivity contribution in [2.45, 2.75) is 19.0 Å². The number of carboxylic acids is 1. The van der Waals surface area contributed by atoms with Gasteiger partial charge in [0.2, 0.25) is 0 Å². The first-order valence-electron chi connectivity index (χ1n) is 6.60. The molecule has 0 fully saturated rings. The summed E-state index contributed by atoms with van der Waals surface area (Å²) < 4.78 is 79.9. The molecule has 0 bridgehead atoms. The number of carbonyl (C=O) groups is 1. The topological polar surface area (TPSA) is 59.4 Å². The molecule has 0 aliphatic rings. The average Bonchev–Trinajstić information content (AvgIpc) is 2.44. The van der Waals surface area contributed by atoms with Crippen LogP contribution < -0.4 is 4.74 Å². The maximum absolute atomic E-state index is 12.9. The second-order valence-electron chi connectivity index (χ2n) is 4.84. The zero-order valence-electron chi connectivity index (χ0n) is 12.1. The molecule has 25 heavy (non-hydrogen) atoms. The van der Waals surface area contributed by atoms with Crippen LogP contribution in [0.15, 0.2) is 36.5 Å². The predicted octanol–water partition coefficient (Wildman–Crippen LogP) is 4.29. The number of aliphatic carboxylic acids is 1. The van der Waals surface area contributed by atoms with Gasteiger partial charge < -0.3 is 9.84 Å². The third-order valence-electron chi connectivity index (χ3n) is 3.03. The van der Waals surface area contributed by atoms with Crippen molar-refractivity contribution >= 4 is 5.97 Å². The van der Waals surface area contributed by atoms with Gasteiger partial charge in [0, 0.05) is 11.8 Å². The molecule has 10 heteroatoms. The van der Waals surface area contributed by atoms with Crippen molar-refractivity contribution in [1.82, 2.24) is 4.98 Å². The zero-order valence-corrected chi connectivity index (χ0v) is 12.1. The van der Waals surface area contributed by atoms with E-state index in [1.54, 1.807) is 0 Å². The lowest BCUT2D eigenvalue weighted by atomic mass is 10.0. The third kappa shape index (κ3) is 4.85. The maximum atomic E-state index is 12.9. The minimum atomic E-state index is -5.01. The van der Waals surface area contributed by atoms with Gasteiger partial charge in [-0.05, 0) is 23.8 Å². The Kier molecular flexibility index (Phi) is 4.91. The van der Waals surface area contributed by atoms with Gasteiger partial charge in [-0.15, -0.1) is 13.2 Å². The van der Waals surface area contributed by atoms with Crippen molar-refractivity contribution in [3.63, 3.8) is 0 Å². The van der Waals surface area contributed by atoms with Crippen LogP contribution in [-0.2, 0) is 17.4 Å². The molecule has 1 aromatic heterocycles. The molecule has 0 saturated carbocycles. The standard InChI is InChI=1S/C15H9F6NO3/c16-14(17,18)10-7-22-11(5-8(10)6-13(23)24)9-3-1-2-4-12(9)25-15(19,20)21/h1-5,7H,6H2,(H,23,24). The lowest BCUT2D eigenvalue weighted by Gasteiger charge is -2.15. The molecule has 2 aromatic rings. The quantitative estimate of drug-likeness (QED) is 0.821. The average molecular weight is 365 g/mol. The lowest BCUT2D eigenvalue weighted by Crippen LogP contribution is -2.18. The van der Waals surface area contributed by atoms with Crippen LogP contribution in [0.1, 0.15) is 11.1 Å². The Morgan fingerprint density at radius 1 is 1.12 bits per heavy atom. The molecule has 0 atom stereocenters. The van der Waals surface area contributed by atoms with Crippen LogP contribution in [0.2, 0.25) is 0 Å². The smallest absolute Gasteiger partial charge is 0.481 e. The summed E-state index contributed by atoms with van der Waals surface area (Å²) >= 11 is 0. The molecule has 0 spiro atoms. The molecule has 1 heterocycles. The number of halogens is 6. The van der Waals surface area contributed by atoms with Gasteiger partial charge in [-0.25, -0.2) is 0 Å². The number of para-hydroxylation sites is 1. The van der Waals surface area contributed by atoms with Gasteiger partial charge in [-0.2, -0.15) is 13.2 Å². The summed E-state index contributed by atoms with van der Waals surface area (Å²) in [5.74, 6) is -2.19. The first kappa shape index (κ1) is 18.6. The Bertz CT molecular complexity index is 786. The highest BCUT2D eigenvalue weighted by Gasteiger charge is 2.35. The summed E-state index contributed by atoms with van der Waals surface area (Å²) in [4.78, 5) is 14.3. The fourth-order valence-corrected chi connectivity index (χ4v) is 2.10. The number of aromatic nitrogens is 1. The van der Waals surface area contributed by atoms with E-state index in [1.165, 1.54) is 18.2 Å². The summed E-state index contributed by atoms with van der Waals surface area (Å²) in [6.45, 7) is 0. The highest BCUT2D eigenvalue weighted by Crippen LogP contribution is 2.36. The number of hydrogen-bond donors (Lipinski definition) is 1. The van der Waals surface area contributed by atoms with Crippen LogP contribution in [0.25, 0.3) is 11.3 Å². The number of hydrogen-bond acceptors (Lipinski definition) is 3. The lowest BCUT2D eigenvalue weighted by molar-refractivity contribution is -0.274. The van der Waals surface area contributed by atoms with E-state index in [2.05, 4.69) is 9.72 Å². The molecule has 0 radical (unpaired) electrons. The van der Waals surface area contributed by atoms with Crippen LogP contribution in [0.4, 0.5) is 26.3 Å². The number of carboxylic acid groups (broad SMARTS) is 1. The Balaban J connectivity index is 2.56. The highest BCUT2D eigenvalue weighted by atomic mass is 19.4. The van der Waals surface area contributed by atoms with Crippen molar-refractivity contribution in [3.05, 3.63) is 47.7 Å². The number of rotatable bonds is 4. The molecular weight excluding hydrogens is 356 g/mol. The zero-order chi connectivity index (χ0) is 18.8. The van der Waals surface area contributed by atoms with Gasteiger partial charge in [-0.1, -0.05) is 12.1 Å². The molecule has 0 aliphatic carbocycles. The van der Waals surface area contributed by atoms with E-state index >= 15 is 0 Å². The molecule has 1 N–H and O–H groups in total. The number of pyridine rings is 1. The summed E-state index contributed by atoms with van der Waals surface area (Å²) in [6, 6.07) is 5.51. The molecule has 4 nitrogen and oxygen atoms in total. The van der Waals surface area contributed by atoms with Crippen molar-refractivity contribution in [2.75, 3.05) is 0 Å². The maximum Gasteiger partial charge on any atom is 0.573 e. The van der Waals surface area contributed by atoms with Gasteiger partial charge >= 0.3 is 18.5 Å². The monoisotopic (exact) mass is 365 g/mol. The molecule has 2 rings (SSSR count).